The van der Waals surface area contributed by atoms with Gasteiger partial charge >= 0.3 is 23.2 Å². The van der Waals surface area contributed by atoms with Gasteiger partial charge in [0.15, 0.2) is 0 Å². The Morgan fingerprint density at radius 3 is 1.25 bits per heavy atom. The van der Waals surface area contributed by atoms with Crippen LogP contribution in [0.5, 0.6) is 0 Å². The van der Waals surface area contributed by atoms with Crippen LogP contribution in [-0.4, -0.2) is 18.9 Å². The van der Waals surface area contributed by atoms with Gasteiger partial charge in [0.1, 0.15) is 0 Å². The van der Waals surface area contributed by atoms with Crippen LogP contribution in [0.25, 0.3) is 0 Å². The Bertz CT molecular complexity index is 8.00. The van der Waals surface area contributed by atoms with Crippen molar-refractivity contribution in [1.29, 1.82) is 0 Å². The molecule has 0 saturated heterocycles. The maximum atomic E-state index is 8.26. The van der Waals surface area contributed by atoms with E-state index in [4.69, 9.17) is 3.40 Å². The van der Waals surface area contributed by atoms with Crippen LogP contribution in [-0.2, 0) is 40.2 Å². The Morgan fingerprint density at radius 2 is 1.25 bits per heavy atom. The molecule has 1 nitrogen and oxygen atoms in total. The summed E-state index contributed by atoms with van der Waals surface area (Å²) in [5, 5.41) is 0. The van der Waals surface area contributed by atoms with Crippen LogP contribution in [0.2, 0.25) is 0 Å². The van der Waals surface area contributed by atoms with Gasteiger partial charge in [0, 0.05) is 35.9 Å². The summed E-state index contributed by atoms with van der Waals surface area (Å²) in [6.45, 7) is 0. The average Bonchev–Trinajstić information content (AvgIpc) is 1.00. The van der Waals surface area contributed by atoms with Crippen molar-refractivity contribution < 1.29 is 40.2 Å². The van der Waals surface area contributed by atoms with Crippen LogP contribution < -0.4 is 0 Å². The first-order valence-corrected chi connectivity index (χ1v) is 0.986. The van der Waals surface area contributed by atoms with Gasteiger partial charge in [-0.25, -0.2) is 0 Å². The van der Waals surface area contributed by atoms with E-state index in [0.717, 1.165) is 0 Å². The molecule has 0 aromatic heterocycles. The number of rotatable bonds is 0. The zero-order chi connectivity index (χ0) is 2.00. The fourth-order valence-electron chi connectivity index (χ4n) is 0. The zero-order valence-corrected chi connectivity index (χ0v) is 5.38. The SMILES string of the molecule is [Li].[Mn].[O]=[Mo]. The second-order valence-corrected chi connectivity index (χ2v) is 0. The summed E-state index contributed by atoms with van der Waals surface area (Å²) in [5.41, 5.74) is 0. The average molecular weight is 174 g/mol. The Kier molecular flexibility index (Phi) is 102. The topological polar surface area (TPSA) is 17.1 Å². The molecule has 2 radical (unpaired) electrons. The van der Waals surface area contributed by atoms with Crippen molar-refractivity contribution >= 4 is 18.9 Å². The molecule has 0 aromatic carbocycles. The quantitative estimate of drug-likeness (QED) is 0.452. The Morgan fingerprint density at radius 1 is 1.25 bits per heavy atom. The van der Waals surface area contributed by atoms with Crippen molar-refractivity contribution in [2.45, 2.75) is 0 Å². The molecular weight excluding hydrogens is 174 g/mol. The molecule has 0 unspecified atom stereocenters. The fourth-order valence-corrected chi connectivity index (χ4v) is 0. The first kappa shape index (κ1) is 17.5. The third-order valence-corrected chi connectivity index (χ3v) is 0. The van der Waals surface area contributed by atoms with E-state index in [0.29, 0.717) is 19.8 Å². The second kappa shape index (κ2) is 23.2. The summed E-state index contributed by atoms with van der Waals surface area (Å²) in [6, 6.07) is 0. The van der Waals surface area contributed by atoms with E-state index in [1.54, 1.807) is 0 Å². The van der Waals surface area contributed by atoms with Gasteiger partial charge in [0.2, 0.25) is 0 Å². The van der Waals surface area contributed by atoms with Gasteiger partial charge in [-0.05, 0) is 0 Å². The Balaban J connectivity index is -0.00000000500. The van der Waals surface area contributed by atoms with Crippen LogP contribution in [0, 0.1) is 0 Å². The van der Waals surface area contributed by atoms with Crippen molar-refractivity contribution in [3.05, 3.63) is 0 Å². The molecule has 4 heavy (non-hydrogen) atoms. The second-order valence-electron chi connectivity index (χ2n) is 0. The van der Waals surface area contributed by atoms with Gasteiger partial charge in [0.05, 0.1) is 0 Å². The van der Waals surface area contributed by atoms with Crippen molar-refractivity contribution in [1.82, 2.24) is 0 Å². The fraction of sp³-hybridized carbons (Fsp3) is 0. The predicted molar refractivity (Wildman–Crippen MR) is 6.44 cm³/mol. The van der Waals surface area contributed by atoms with Crippen LogP contribution in [0.15, 0.2) is 0 Å². The van der Waals surface area contributed by atoms with E-state index in [9.17, 15) is 0 Å². The van der Waals surface area contributed by atoms with E-state index in [-0.39, 0.29) is 35.9 Å². The van der Waals surface area contributed by atoms with Crippen molar-refractivity contribution in [3.8, 4) is 0 Å². The van der Waals surface area contributed by atoms with Gasteiger partial charge in [-0.15, -0.1) is 0 Å². The molecule has 0 heterocycles. The van der Waals surface area contributed by atoms with Crippen LogP contribution >= 0.6 is 0 Å². The molecule has 0 fully saturated rings. The van der Waals surface area contributed by atoms with E-state index in [2.05, 4.69) is 0 Å². The molecule has 0 aliphatic heterocycles. The molecule has 0 spiro atoms. The first-order chi connectivity index (χ1) is 1.00. The minimum absolute atomic E-state index is 0. The van der Waals surface area contributed by atoms with Gasteiger partial charge in [-0.1, -0.05) is 0 Å². The molecule has 0 bridgehead atoms. The molecule has 0 N–H and O–H groups in total. The molecule has 0 amide bonds. The molecule has 0 atom stereocenters. The number of hydrogen-bond acceptors (Lipinski definition) is 1. The Hall–Kier alpha value is 1.61. The maximum absolute atomic E-state index is 8.26. The summed E-state index contributed by atoms with van der Waals surface area (Å²) in [6.07, 6.45) is 0. The standard InChI is InChI=1S/Li.Mn.Mo.O. The molecule has 4 heteroatoms. The van der Waals surface area contributed by atoms with Crippen LogP contribution in [0.4, 0.5) is 0 Å². The monoisotopic (exact) mass is 176 g/mol. The van der Waals surface area contributed by atoms with E-state index >= 15 is 0 Å². The zero-order valence-electron chi connectivity index (χ0n) is 2.19. The van der Waals surface area contributed by atoms with Crippen molar-refractivity contribution in [2.75, 3.05) is 0 Å². The number of hydrogen-bond donors (Lipinski definition) is 0. The predicted octanol–water partition coefficient (Wildman–Crippen LogP) is -0.505. The molecule has 0 aliphatic rings. The van der Waals surface area contributed by atoms with E-state index in [1.165, 1.54) is 0 Å². The van der Waals surface area contributed by atoms with Crippen molar-refractivity contribution in [2.24, 2.45) is 0 Å². The van der Waals surface area contributed by atoms with E-state index in [1.807, 2.05) is 0 Å². The first-order valence-electron chi connectivity index (χ1n) is 0.167. The van der Waals surface area contributed by atoms with Crippen molar-refractivity contribution in [3.63, 3.8) is 0 Å². The van der Waals surface area contributed by atoms with Crippen LogP contribution in [0.3, 0.4) is 0 Å². The molecule has 0 rings (SSSR count). The third-order valence-electron chi connectivity index (χ3n) is 0. The molecule has 20 valence electrons. The summed E-state index contributed by atoms with van der Waals surface area (Å²) in [7, 11) is 0. The van der Waals surface area contributed by atoms with Gasteiger partial charge < -0.3 is 0 Å². The van der Waals surface area contributed by atoms with Crippen LogP contribution in [0.1, 0.15) is 0 Å². The van der Waals surface area contributed by atoms with E-state index < -0.39 is 0 Å². The van der Waals surface area contributed by atoms with Gasteiger partial charge in [-0.2, -0.15) is 0 Å². The van der Waals surface area contributed by atoms with Gasteiger partial charge in [0.25, 0.3) is 0 Å². The summed E-state index contributed by atoms with van der Waals surface area (Å²) < 4.78 is 8.26. The molecule has 0 aromatic rings. The summed E-state index contributed by atoms with van der Waals surface area (Å²) in [4.78, 5) is 0. The van der Waals surface area contributed by atoms with Gasteiger partial charge in [-0.3, -0.25) is 0 Å². The third kappa shape index (κ3) is 9.50. The normalized spacial score (nSPS) is 1.00. The molecular formula is LiMnMoO. The summed E-state index contributed by atoms with van der Waals surface area (Å²) >= 11 is 0.700. The molecule has 0 saturated carbocycles. The Labute approximate surface area is 58.8 Å². The minimum atomic E-state index is 0. The molecule has 0 aliphatic carbocycles. The summed E-state index contributed by atoms with van der Waals surface area (Å²) in [5.74, 6) is 0.